The van der Waals surface area contributed by atoms with Gasteiger partial charge < -0.3 is 9.47 Å². The predicted molar refractivity (Wildman–Crippen MR) is 80.2 cm³/mol. The lowest BCUT2D eigenvalue weighted by atomic mass is 9.86. The summed E-state index contributed by atoms with van der Waals surface area (Å²) in [5.74, 6) is 0.678. The van der Waals surface area contributed by atoms with Crippen molar-refractivity contribution in [1.82, 2.24) is 0 Å². The molecule has 0 aliphatic heterocycles. The molecule has 6 heteroatoms. The summed E-state index contributed by atoms with van der Waals surface area (Å²) < 4.78 is 33.5. The highest BCUT2D eigenvalue weighted by atomic mass is 35.7. The molecule has 1 rings (SSSR count). The number of rotatable bonds is 6. The van der Waals surface area contributed by atoms with Crippen LogP contribution in [0.25, 0.3) is 0 Å². The minimum absolute atomic E-state index is 0.0910. The van der Waals surface area contributed by atoms with Gasteiger partial charge in [-0.25, -0.2) is 8.42 Å². The van der Waals surface area contributed by atoms with E-state index in [0.717, 1.165) is 12.0 Å². The summed E-state index contributed by atoms with van der Waals surface area (Å²) >= 11 is 0. The summed E-state index contributed by atoms with van der Waals surface area (Å²) in [5, 5.41) is 0. The molecule has 0 N–H and O–H groups in total. The minimum Gasteiger partial charge on any atom is -0.493 e. The normalized spacial score (nSPS) is 12.4. The van der Waals surface area contributed by atoms with E-state index in [9.17, 15) is 8.42 Å². The zero-order chi connectivity index (χ0) is 15.4. The number of methoxy groups -OCH3 is 1. The van der Waals surface area contributed by atoms with Gasteiger partial charge >= 0.3 is 0 Å². The zero-order valence-corrected chi connectivity index (χ0v) is 13.8. The fourth-order valence-corrected chi connectivity index (χ4v) is 2.54. The Morgan fingerprint density at radius 2 is 1.85 bits per heavy atom. The third-order valence-corrected chi connectivity index (χ3v) is 4.14. The molecule has 0 spiro atoms. The van der Waals surface area contributed by atoms with Crippen molar-refractivity contribution in [2.75, 3.05) is 20.3 Å². The van der Waals surface area contributed by atoms with Crippen molar-refractivity contribution in [3.63, 3.8) is 0 Å². The maximum atomic E-state index is 11.4. The maximum absolute atomic E-state index is 11.4. The van der Waals surface area contributed by atoms with E-state index in [-0.39, 0.29) is 10.3 Å². The SMILES string of the molecule is COCCCOc1ccc(S(=O)(=O)Cl)cc1C(C)(C)C. The van der Waals surface area contributed by atoms with Crippen LogP contribution in [-0.2, 0) is 19.2 Å². The lowest BCUT2D eigenvalue weighted by Crippen LogP contribution is -2.15. The largest absolute Gasteiger partial charge is 0.493 e. The monoisotopic (exact) mass is 320 g/mol. The molecule has 0 aliphatic carbocycles. The molecule has 0 saturated heterocycles. The second-order valence-corrected chi connectivity index (χ2v) is 8.11. The van der Waals surface area contributed by atoms with Gasteiger partial charge in [0.25, 0.3) is 9.05 Å². The Labute approximate surface area is 125 Å². The third-order valence-electron chi connectivity index (χ3n) is 2.79. The number of halogens is 1. The van der Waals surface area contributed by atoms with Gasteiger partial charge in [0.1, 0.15) is 5.75 Å². The van der Waals surface area contributed by atoms with Crippen molar-refractivity contribution >= 4 is 19.7 Å². The summed E-state index contributed by atoms with van der Waals surface area (Å²) in [6.07, 6.45) is 0.773. The molecule has 0 amide bonds. The summed E-state index contributed by atoms with van der Waals surface area (Å²) in [4.78, 5) is 0.0910. The average Bonchev–Trinajstić information content (AvgIpc) is 2.32. The molecule has 0 aliphatic rings. The van der Waals surface area contributed by atoms with Crippen molar-refractivity contribution in [2.24, 2.45) is 0 Å². The topological polar surface area (TPSA) is 52.6 Å². The van der Waals surface area contributed by atoms with Crippen LogP contribution < -0.4 is 4.74 Å². The first kappa shape index (κ1) is 17.3. The van der Waals surface area contributed by atoms with Crippen LogP contribution in [0, 0.1) is 0 Å². The lowest BCUT2D eigenvalue weighted by molar-refractivity contribution is 0.171. The molecule has 0 saturated carbocycles. The highest BCUT2D eigenvalue weighted by Gasteiger charge is 2.22. The van der Waals surface area contributed by atoms with E-state index < -0.39 is 9.05 Å². The van der Waals surface area contributed by atoms with Crippen LogP contribution in [0.5, 0.6) is 5.75 Å². The second-order valence-electron chi connectivity index (χ2n) is 5.54. The number of benzene rings is 1. The van der Waals surface area contributed by atoms with Crippen molar-refractivity contribution in [2.45, 2.75) is 37.5 Å². The fourth-order valence-electron chi connectivity index (χ4n) is 1.76. The molecule has 1 aromatic carbocycles. The van der Waals surface area contributed by atoms with Crippen LogP contribution in [0.15, 0.2) is 23.1 Å². The molecule has 0 atom stereocenters. The van der Waals surface area contributed by atoms with Crippen LogP contribution in [-0.4, -0.2) is 28.7 Å². The molecule has 20 heavy (non-hydrogen) atoms. The van der Waals surface area contributed by atoms with Crippen molar-refractivity contribution in [1.29, 1.82) is 0 Å². The van der Waals surface area contributed by atoms with E-state index >= 15 is 0 Å². The zero-order valence-electron chi connectivity index (χ0n) is 12.3. The van der Waals surface area contributed by atoms with Crippen LogP contribution in [0.1, 0.15) is 32.8 Å². The van der Waals surface area contributed by atoms with Gasteiger partial charge in [-0.1, -0.05) is 20.8 Å². The molecule has 0 fully saturated rings. The quantitative estimate of drug-likeness (QED) is 0.596. The number of ether oxygens (including phenoxy) is 2. The average molecular weight is 321 g/mol. The van der Waals surface area contributed by atoms with Gasteiger partial charge in [-0.15, -0.1) is 0 Å². The highest BCUT2D eigenvalue weighted by molar-refractivity contribution is 8.13. The van der Waals surface area contributed by atoms with Gasteiger partial charge in [0.15, 0.2) is 0 Å². The summed E-state index contributed by atoms with van der Waals surface area (Å²) in [5.41, 5.74) is 0.574. The third kappa shape index (κ3) is 4.96. The smallest absolute Gasteiger partial charge is 0.261 e. The van der Waals surface area contributed by atoms with Crippen molar-refractivity contribution in [3.05, 3.63) is 23.8 Å². The van der Waals surface area contributed by atoms with E-state index in [1.54, 1.807) is 19.2 Å². The second kappa shape index (κ2) is 6.78. The molecular formula is C14H21ClO4S. The molecular weight excluding hydrogens is 300 g/mol. The summed E-state index contributed by atoms with van der Waals surface area (Å²) in [6.45, 7) is 7.13. The van der Waals surface area contributed by atoms with E-state index in [2.05, 4.69) is 0 Å². The van der Waals surface area contributed by atoms with E-state index in [1.807, 2.05) is 20.8 Å². The van der Waals surface area contributed by atoms with Crippen LogP contribution in [0.2, 0.25) is 0 Å². The molecule has 0 bridgehead atoms. The first-order valence-corrected chi connectivity index (χ1v) is 8.68. The molecule has 1 aromatic rings. The molecule has 0 aromatic heterocycles. The number of hydrogen-bond donors (Lipinski definition) is 0. The highest BCUT2D eigenvalue weighted by Crippen LogP contribution is 2.34. The van der Waals surface area contributed by atoms with Crippen molar-refractivity contribution < 1.29 is 17.9 Å². The minimum atomic E-state index is -3.73. The first-order valence-electron chi connectivity index (χ1n) is 6.37. The van der Waals surface area contributed by atoms with Gasteiger partial charge in [0, 0.05) is 36.4 Å². The fraction of sp³-hybridized carbons (Fsp3) is 0.571. The maximum Gasteiger partial charge on any atom is 0.261 e. The van der Waals surface area contributed by atoms with Gasteiger partial charge in [-0.3, -0.25) is 0 Å². The molecule has 4 nitrogen and oxygen atoms in total. The summed E-state index contributed by atoms with van der Waals surface area (Å²) in [7, 11) is 3.30. The Morgan fingerprint density at radius 3 is 2.35 bits per heavy atom. The van der Waals surface area contributed by atoms with Crippen molar-refractivity contribution in [3.8, 4) is 5.75 Å². The van der Waals surface area contributed by atoms with Crippen LogP contribution in [0.4, 0.5) is 0 Å². The Hall–Kier alpha value is -0.780. The predicted octanol–water partition coefficient (Wildman–Crippen LogP) is 3.33. The first-order chi connectivity index (χ1) is 9.16. The lowest BCUT2D eigenvalue weighted by Gasteiger charge is -2.23. The van der Waals surface area contributed by atoms with Gasteiger partial charge in [0.2, 0.25) is 0 Å². The Kier molecular flexibility index (Phi) is 5.86. The summed E-state index contributed by atoms with van der Waals surface area (Å²) in [6, 6.07) is 4.69. The molecule has 0 heterocycles. The van der Waals surface area contributed by atoms with E-state index in [4.69, 9.17) is 20.2 Å². The standard InChI is InChI=1S/C14H21ClO4S/c1-14(2,3)12-10-11(20(15,16)17)6-7-13(12)19-9-5-8-18-4/h6-7,10H,5,8-9H2,1-4H3. The molecule has 0 radical (unpaired) electrons. The van der Waals surface area contributed by atoms with Crippen LogP contribution in [0.3, 0.4) is 0 Å². The number of hydrogen-bond acceptors (Lipinski definition) is 4. The Balaban J connectivity index is 3.06. The molecule has 114 valence electrons. The van der Waals surface area contributed by atoms with Gasteiger partial charge in [-0.05, 0) is 23.6 Å². The van der Waals surface area contributed by atoms with E-state index in [1.165, 1.54) is 6.07 Å². The van der Waals surface area contributed by atoms with Gasteiger partial charge in [0.05, 0.1) is 11.5 Å². The van der Waals surface area contributed by atoms with Gasteiger partial charge in [-0.2, -0.15) is 0 Å². The Bertz CT molecular complexity index is 547. The molecule has 0 unspecified atom stereocenters. The van der Waals surface area contributed by atoms with E-state index in [0.29, 0.717) is 19.0 Å². The van der Waals surface area contributed by atoms with Crippen LogP contribution >= 0.6 is 10.7 Å². The Morgan fingerprint density at radius 1 is 1.20 bits per heavy atom.